The van der Waals surface area contributed by atoms with Gasteiger partial charge in [0, 0.05) is 5.56 Å². The summed E-state index contributed by atoms with van der Waals surface area (Å²) in [6.07, 6.45) is 0.774. The molecule has 1 heterocycles. The van der Waals surface area contributed by atoms with Gasteiger partial charge in [-0.3, -0.25) is 4.79 Å². The molecule has 0 aliphatic heterocycles. The smallest absolute Gasteiger partial charge is 0.156 e. The number of carbonyl (C=O) groups is 1. The first-order valence-corrected chi connectivity index (χ1v) is 7.11. The van der Waals surface area contributed by atoms with E-state index in [-0.39, 0.29) is 0 Å². The number of nitrogens with two attached hydrogens (primary N) is 1. The third-order valence-electron chi connectivity index (χ3n) is 3.65. The highest BCUT2D eigenvalue weighted by atomic mass is 16.1. The molecule has 0 unspecified atom stereocenters. The summed E-state index contributed by atoms with van der Waals surface area (Å²) in [5.74, 6) is 0.398. The van der Waals surface area contributed by atoms with Gasteiger partial charge >= 0.3 is 0 Å². The highest BCUT2D eigenvalue weighted by Crippen LogP contribution is 2.26. The van der Waals surface area contributed by atoms with Gasteiger partial charge in [-0.15, -0.1) is 0 Å². The maximum Gasteiger partial charge on any atom is 0.156 e. The van der Waals surface area contributed by atoms with Gasteiger partial charge < -0.3 is 5.73 Å². The summed E-state index contributed by atoms with van der Waals surface area (Å²) in [6, 6.07) is 17.8. The van der Waals surface area contributed by atoms with Gasteiger partial charge in [0.25, 0.3) is 0 Å². The van der Waals surface area contributed by atoms with E-state index in [1.807, 2.05) is 61.5 Å². The maximum atomic E-state index is 11.4. The third-order valence-corrected chi connectivity index (χ3v) is 3.65. The number of nitrogen functional groups attached to an aromatic ring is 1. The number of rotatable bonds is 4. The first-order valence-electron chi connectivity index (χ1n) is 7.11. The molecule has 3 aromatic rings. The van der Waals surface area contributed by atoms with E-state index >= 15 is 0 Å². The zero-order valence-corrected chi connectivity index (χ0v) is 12.4. The summed E-state index contributed by atoms with van der Waals surface area (Å²) in [6.45, 7) is 2.59. The largest absolute Gasteiger partial charge is 0.383 e. The molecule has 0 radical (unpaired) electrons. The average molecular weight is 291 g/mol. The third kappa shape index (κ3) is 2.63. The lowest BCUT2D eigenvalue weighted by Gasteiger charge is -2.04. The Bertz CT molecular complexity index is 789. The van der Waals surface area contributed by atoms with Gasteiger partial charge in [0.2, 0.25) is 0 Å². The number of anilines is 1. The molecule has 22 heavy (non-hydrogen) atoms. The molecule has 1 aromatic heterocycles. The zero-order chi connectivity index (χ0) is 15.5. The van der Waals surface area contributed by atoms with Crippen LogP contribution in [0.15, 0.2) is 54.6 Å². The van der Waals surface area contributed by atoms with Crippen LogP contribution in [-0.4, -0.2) is 16.1 Å². The lowest BCUT2D eigenvalue weighted by molar-refractivity contribution is 0.112. The van der Waals surface area contributed by atoms with Gasteiger partial charge in [0.15, 0.2) is 6.29 Å². The topological polar surface area (TPSA) is 60.9 Å². The highest BCUT2D eigenvalue weighted by Gasteiger charge is 2.16. The van der Waals surface area contributed by atoms with Crippen molar-refractivity contribution in [2.45, 2.75) is 13.5 Å². The molecule has 0 amide bonds. The first kappa shape index (κ1) is 14.1. The number of benzene rings is 2. The molecule has 0 spiro atoms. The molecule has 3 rings (SSSR count). The molecule has 0 bridgehead atoms. The summed E-state index contributed by atoms with van der Waals surface area (Å²) in [5, 5.41) is 4.53. The van der Waals surface area contributed by atoms with Crippen LogP contribution in [0.2, 0.25) is 0 Å². The van der Waals surface area contributed by atoms with Crippen molar-refractivity contribution in [2.24, 2.45) is 0 Å². The molecule has 2 N–H and O–H groups in total. The van der Waals surface area contributed by atoms with Gasteiger partial charge in [-0.05, 0) is 12.5 Å². The summed E-state index contributed by atoms with van der Waals surface area (Å²) < 4.78 is 1.68. The summed E-state index contributed by atoms with van der Waals surface area (Å²) in [5.41, 5.74) is 10.4. The number of aromatic nitrogens is 2. The van der Waals surface area contributed by atoms with E-state index in [0.29, 0.717) is 23.6 Å². The van der Waals surface area contributed by atoms with Crippen LogP contribution in [0.1, 0.15) is 21.5 Å². The van der Waals surface area contributed by atoms with Crippen LogP contribution in [0, 0.1) is 6.92 Å². The van der Waals surface area contributed by atoms with E-state index in [9.17, 15) is 4.79 Å². The van der Waals surface area contributed by atoms with Gasteiger partial charge in [-0.25, -0.2) is 4.68 Å². The molecule has 4 heteroatoms. The predicted octanol–water partition coefficient (Wildman–Crippen LogP) is 3.30. The average Bonchev–Trinajstić information content (AvgIpc) is 2.86. The molecule has 0 saturated heterocycles. The van der Waals surface area contributed by atoms with Crippen molar-refractivity contribution < 1.29 is 4.79 Å². The molecule has 0 aliphatic rings. The van der Waals surface area contributed by atoms with Crippen molar-refractivity contribution in [1.29, 1.82) is 0 Å². The lowest BCUT2D eigenvalue weighted by atomic mass is 10.1. The summed E-state index contributed by atoms with van der Waals surface area (Å²) in [4.78, 5) is 11.4. The van der Waals surface area contributed by atoms with E-state index in [2.05, 4.69) is 5.10 Å². The summed E-state index contributed by atoms with van der Waals surface area (Å²) in [7, 11) is 0. The monoisotopic (exact) mass is 291 g/mol. The molecule has 0 atom stereocenters. The number of hydrogen-bond acceptors (Lipinski definition) is 3. The van der Waals surface area contributed by atoms with Crippen LogP contribution in [0.5, 0.6) is 0 Å². The van der Waals surface area contributed by atoms with Crippen molar-refractivity contribution in [3.8, 4) is 11.3 Å². The fraction of sp³-hybridized carbons (Fsp3) is 0.111. The standard InChI is InChI=1S/C18H17N3O/c1-13-7-9-14(10-8-13)11-21-18(19)16(12-22)17(20-21)15-5-3-2-4-6-15/h2-10,12H,11,19H2,1H3. The van der Waals surface area contributed by atoms with Crippen LogP contribution in [0.25, 0.3) is 11.3 Å². The Hall–Kier alpha value is -2.88. The number of aldehydes is 1. The minimum absolute atomic E-state index is 0.398. The number of hydrogen-bond donors (Lipinski definition) is 1. The fourth-order valence-corrected chi connectivity index (χ4v) is 2.40. The molecular formula is C18H17N3O. The van der Waals surface area contributed by atoms with Crippen molar-refractivity contribution in [1.82, 2.24) is 9.78 Å². The molecule has 0 aliphatic carbocycles. The van der Waals surface area contributed by atoms with E-state index in [4.69, 9.17) is 5.73 Å². The van der Waals surface area contributed by atoms with Gasteiger partial charge in [-0.1, -0.05) is 60.2 Å². The Morgan fingerprint density at radius 1 is 1.09 bits per heavy atom. The Labute approximate surface area is 129 Å². The van der Waals surface area contributed by atoms with Crippen LogP contribution in [0.3, 0.4) is 0 Å². The molecule has 4 nitrogen and oxygen atoms in total. The second kappa shape index (κ2) is 5.85. The summed E-state index contributed by atoms with van der Waals surface area (Å²) >= 11 is 0. The lowest BCUT2D eigenvalue weighted by Crippen LogP contribution is -2.06. The van der Waals surface area contributed by atoms with Crippen molar-refractivity contribution in [3.05, 3.63) is 71.3 Å². The minimum atomic E-state index is 0.398. The fourth-order valence-electron chi connectivity index (χ4n) is 2.40. The quantitative estimate of drug-likeness (QED) is 0.750. The Morgan fingerprint density at radius 2 is 1.77 bits per heavy atom. The second-order valence-corrected chi connectivity index (χ2v) is 5.27. The molecule has 0 fully saturated rings. The molecular weight excluding hydrogens is 274 g/mol. The number of aryl methyl sites for hydroxylation is 1. The molecule has 110 valence electrons. The van der Waals surface area contributed by atoms with Crippen LogP contribution in [-0.2, 0) is 6.54 Å². The Morgan fingerprint density at radius 3 is 2.41 bits per heavy atom. The SMILES string of the molecule is Cc1ccc(Cn2nc(-c3ccccc3)c(C=O)c2N)cc1. The van der Waals surface area contributed by atoms with Crippen molar-refractivity contribution in [3.63, 3.8) is 0 Å². The normalized spacial score (nSPS) is 10.6. The van der Waals surface area contributed by atoms with E-state index in [0.717, 1.165) is 17.4 Å². The Balaban J connectivity index is 2.01. The first-order chi connectivity index (χ1) is 10.7. The molecule has 2 aromatic carbocycles. The molecule has 0 saturated carbocycles. The van der Waals surface area contributed by atoms with Crippen LogP contribution >= 0.6 is 0 Å². The predicted molar refractivity (Wildman–Crippen MR) is 87.7 cm³/mol. The van der Waals surface area contributed by atoms with Gasteiger partial charge in [-0.2, -0.15) is 5.10 Å². The van der Waals surface area contributed by atoms with Gasteiger partial charge in [0.05, 0.1) is 12.1 Å². The van der Waals surface area contributed by atoms with Crippen molar-refractivity contribution >= 4 is 12.1 Å². The minimum Gasteiger partial charge on any atom is -0.383 e. The number of carbonyl (C=O) groups excluding carboxylic acids is 1. The second-order valence-electron chi connectivity index (χ2n) is 5.27. The van der Waals surface area contributed by atoms with Crippen molar-refractivity contribution in [2.75, 3.05) is 5.73 Å². The van der Waals surface area contributed by atoms with E-state index in [1.165, 1.54) is 5.56 Å². The zero-order valence-electron chi connectivity index (χ0n) is 12.4. The van der Waals surface area contributed by atoms with Crippen LogP contribution in [0.4, 0.5) is 5.82 Å². The van der Waals surface area contributed by atoms with Crippen LogP contribution < -0.4 is 5.73 Å². The van der Waals surface area contributed by atoms with E-state index < -0.39 is 0 Å². The van der Waals surface area contributed by atoms with E-state index in [1.54, 1.807) is 4.68 Å². The number of nitrogens with zero attached hydrogens (tertiary/aromatic N) is 2. The maximum absolute atomic E-state index is 11.4. The van der Waals surface area contributed by atoms with Gasteiger partial charge in [0.1, 0.15) is 11.5 Å². The Kier molecular flexibility index (Phi) is 3.74. The highest BCUT2D eigenvalue weighted by molar-refractivity contribution is 5.91.